The zero-order valence-corrected chi connectivity index (χ0v) is 29.7. The van der Waals surface area contributed by atoms with Crippen LogP contribution in [-0.2, 0) is 46.7 Å². The first-order valence-electron chi connectivity index (χ1n) is 18.3. The molecule has 7 rings (SSSR count). The van der Waals surface area contributed by atoms with Crippen molar-refractivity contribution in [2.24, 2.45) is 0 Å². The molecule has 2 aliphatic heterocycles. The van der Waals surface area contributed by atoms with E-state index < -0.39 is 6.29 Å². The molecule has 1 atom stereocenters. The molecule has 1 fully saturated rings. The summed E-state index contributed by atoms with van der Waals surface area (Å²) in [5.74, 6) is 0.894. The third-order valence-corrected chi connectivity index (χ3v) is 10.1. The van der Waals surface area contributed by atoms with E-state index in [0.717, 1.165) is 109 Å². The summed E-state index contributed by atoms with van der Waals surface area (Å²) in [6.07, 6.45) is 5.49. The smallest absolute Gasteiger partial charge is 0.196 e. The summed E-state index contributed by atoms with van der Waals surface area (Å²) in [7, 11) is 0. The molecule has 9 nitrogen and oxygen atoms in total. The van der Waals surface area contributed by atoms with E-state index in [1.165, 1.54) is 16.6 Å². The van der Waals surface area contributed by atoms with Gasteiger partial charge in [0.1, 0.15) is 5.75 Å². The van der Waals surface area contributed by atoms with Gasteiger partial charge in [-0.25, -0.2) is 0 Å². The van der Waals surface area contributed by atoms with E-state index in [4.69, 9.17) is 24.0 Å². The number of hydrogen-bond donors (Lipinski definition) is 1. The first-order chi connectivity index (χ1) is 24.6. The first-order valence-corrected chi connectivity index (χ1v) is 18.3. The molecule has 5 aromatic rings. The Labute approximate surface area is 295 Å². The fraction of sp³-hybridized carbons (Fsp3) is 0.439. The van der Waals surface area contributed by atoms with Crippen LogP contribution in [0.2, 0.25) is 0 Å². The van der Waals surface area contributed by atoms with E-state index >= 15 is 0 Å². The lowest BCUT2D eigenvalue weighted by molar-refractivity contribution is -0.103. The van der Waals surface area contributed by atoms with Gasteiger partial charge in [-0.2, -0.15) is 5.10 Å². The van der Waals surface area contributed by atoms with Crippen LogP contribution >= 0.6 is 0 Å². The molecule has 264 valence electrons. The highest BCUT2D eigenvalue weighted by Crippen LogP contribution is 2.42. The first kappa shape index (κ1) is 34.5. The van der Waals surface area contributed by atoms with E-state index in [-0.39, 0.29) is 0 Å². The number of ether oxygens (including phenoxy) is 4. The standard InChI is InChI=1S/C41H50N4O5/c1-4-35-38-34(42-45(35)21-20-43-22-26-47-27-23-43)28-48-24-9-8-19-44-39-33(18-17-29(3)37(38)39)32(40(44)41(46)49-5-2)15-11-25-50-36-16-10-13-30-12-6-7-14-31(30)36/h6-10,12-14,16-18,41,46H,4-5,11,15,19-28H2,1-3H3/b9-8-. The second-order valence-electron chi connectivity index (χ2n) is 13.2. The van der Waals surface area contributed by atoms with Gasteiger partial charge in [-0.05, 0) is 55.7 Å². The number of rotatable bonds is 12. The van der Waals surface area contributed by atoms with Crippen LogP contribution in [0.15, 0.2) is 66.7 Å². The van der Waals surface area contributed by atoms with Gasteiger partial charge in [0.15, 0.2) is 6.29 Å². The molecule has 50 heavy (non-hydrogen) atoms. The number of morpholine rings is 1. The van der Waals surface area contributed by atoms with Gasteiger partial charge in [0.2, 0.25) is 0 Å². The number of fused-ring (bicyclic) bond motifs is 3. The fourth-order valence-electron chi connectivity index (χ4n) is 7.70. The second kappa shape index (κ2) is 15.9. The number of aliphatic hydroxyl groups is 1. The molecule has 0 aliphatic carbocycles. The molecule has 0 radical (unpaired) electrons. The van der Waals surface area contributed by atoms with Gasteiger partial charge in [-0.3, -0.25) is 9.58 Å². The maximum Gasteiger partial charge on any atom is 0.196 e. The highest BCUT2D eigenvalue weighted by molar-refractivity contribution is 6.00. The van der Waals surface area contributed by atoms with Crippen LogP contribution in [0.4, 0.5) is 0 Å². The summed E-state index contributed by atoms with van der Waals surface area (Å²) in [6, 6.07) is 19.0. The van der Waals surface area contributed by atoms with Crippen molar-refractivity contribution in [3.63, 3.8) is 0 Å². The average molecular weight is 679 g/mol. The molecular formula is C41H50N4O5. The van der Waals surface area contributed by atoms with Crippen molar-refractivity contribution in [2.45, 2.75) is 66.0 Å². The summed E-state index contributed by atoms with van der Waals surface area (Å²) in [4.78, 5) is 2.46. The van der Waals surface area contributed by atoms with Crippen molar-refractivity contribution in [2.75, 3.05) is 52.7 Å². The Kier molecular flexibility index (Phi) is 11.0. The minimum Gasteiger partial charge on any atom is -0.493 e. The van der Waals surface area contributed by atoms with Crippen LogP contribution in [0.5, 0.6) is 5.75 Å². The number of aryl methyl sites for hydroxylation is 2. The highest BCUT2D eigenvalue weighted by Gasteiger charge is 2.29. The number of allylic oxidation sites excluding steroid dienone is 1. The van der Waals surface area contributed by atoms with Gasteiger partial charge < -0.3 is 28.6 Å². The van der Waals surface area contributed by atoms with Crippen LogP contribution < -0.4 is 4.74 Å². The summed E-state index contributed by atoms with van der Waals surface area (Å²) >= 11 is 0. The monoisotopic (exact) mass is 678 g/mol. The Morgan fingerprint density at radius 3 is 2.60 bits per heavy atom. The predicted octanol–water partition coefficient (Wildman–Crippen LogP) is 6.99. The third kappa shape index (κ3) is 6.98. The molecule has 0 spiro atoms. The number of aliphatic hydroxyl groups excluding tert-OH is 1. The largest absolute Gasteiger partial charge is 0.493 e. The Bertz CT molecular complexity index is 1950. The SMILES string of the molecule is CCOC(O)c1c(CCCOc2cccc3ccccc23)c2ccc(C)c3c2n1C/C=C\COCc1nn(CCN2CCOCC2)c(CC)c1-3. The van der Waals surface area contributed by atoms with Crippen LogP contribution in [0.1, 0.15) is 54.8 Å². The minimum absolute atomic E-state index is 0.405. The van der Waals surface area contributed by atoms with Crippen molar-refractivity contribution in [3.8, 4) is 16.9 Å². The van der Waals surface area contributed by atoms with Crippen molar-refractivity contribution in [3.05, 3.63) is 95.0 Å². The Morgan fingerprint density at radius 2 is 1.76 bits per heavy atom. The molecule has 1 unspecified atom stereocenters. The molecule has 1 saturated heterocycles. The molecule has 0 bridgehead atoms. The Morgan fingerprint density at radius 1 is 0.920 bits per heavy atom. The topological polar surface area (TPSA) is 83.1 Å². The van der Waals surface area contributed by atoms with E-state index in [0.29, 0.717) is 33.0 Å². The minimum atomic E-state index is -1.06. The number of benzene rings is 3. The van der Waals surface area contributed by atoms with Crippen molar-refractivity contribution in [1.29, 1.82) is 0 Å². The van der Waals surface area contributed by atoms with Crippen molar-refractivity contribution in [1.82, 2.24) is 19.2 Å². The molecule has 0 saturated carbocycles. The molecule has 0 amide bonds. The number of nitrogens with zero attached hydrogens (tertiary/aromatic N) is 4. The summed E-state index contributed by atoms with van der Waals surface area (Å²) in [5.41, 5.74) is 8.68. The number of hydrogen-bond acceptors (Lipinski definition) is 7. The summed E-state index contributed by atoms with van der Waals surface area (Å²) < 4.78 is 28.6. The molecule has 4 heterocycles. The molecular weight excluding hydrogens is 628 g/mol. The van der Waals surface area contributed by atoms with Gasteiger partial charge in [-0.15, -0.1) is 0 Å². The van der Waals surface area contributed by atoms with Crippen LogP contribution in [0.25, 0.3) is 32.8 Å². The molecule has 3 aromatic carbocycles. The van der Waals surface area contributed by atoms with Gasteiger partial charge >= 0.3 is 0 Å². The zero-order valence-electron chi connectivity index (χ0n) is 29.7. The zero-order chi connectivity index (χ0) is 34.5. The normalized spacial score (nSPS) is 16.7. The third-order valence-electron chi connectivity index (χ3n) is 10.1. The maximum atomic E-state index is 11.6. The fourth-order valence-corrected chi connectivity index (χ4v) is 7.70. The van der Waals surface area contributed by atoms with Crippen LogP contribution in [0, 0.1) is 6.92 Å². The van der Waals surface area contributed by atoms with E-state index in [1.807, 2.05) is 25.1 Å². The van der Waals surface area contributed by atoms with Crippen molar-refractivity contribution < 1.29 is 24.1 Å². The van der Waals surface area contributed by atoms with Gasteiger partial charge in [0.05, 0.1) is 56.5 Å². The van der Waals surface area contributed by atoms with Crippen LogP contribution in [0.3, 0.4) is 0 Å². The van der Waals surface area contributed by atoms with Gasteiger partial charge in [0.25, 0.3) is 0 Å². The predicted molar refractivity (Wildman–Crippen MR) is 198 cm³/mol. The molecule has 1 N–H and O–H groups in total. The van der Waals surface area contributed by atoms with Gasteiger partial charge in [0, 0.05) is 60.4 Å². The van der Waals surface area contributed by atoms with Gasteiger partial charge in [-0.1, -0.05) is 67.6 Å². The second-order valence-corrected chi connectivity index (χ2v) is 13.2. The van der Waals surface area contributed by atoms with E-state index in [1.54, 1.807) is 0 Å². The average Bonchev–Trinajstić information content (AvgIpc) is 3.64. The lowest BCUT2D eigenvalue weighted by Gasteiger charge is -2.26. The lowest BCUT2D eigenvalue weighted by Crippen LogP contribution is -2.38. The maximum absolute atomic E-state index is 11.6. The Hall–Kier alpha value is -3.99. The van der Waals surface area contributed by atoms with E-state index in [9.17, 15) is 5.11 Å². The summed E-state index contributed by atoms with van der Waals surface area (Å²) in [5, 5.41) is 20.3. The lowest BCUT2D eigenvalue weighted by atomic mass is 9.93. The molecule has 2 aromatic heterocycles. The molecule has 2 aliphatic rings. The van der Waals surface area contributed by atoms with Crippen LogP contribution in [-0.4, -0.2) is 77.0 Å². The van der Waals surface area contributed by atoms with E-state index in [2.05, 4.69) is 76.5 Å². The Balaban J connectivity index is 1.30. The summed E-state index contributed by atoms with van der Waals surface area (Å²) in [6.45, 7) is 14.0. The highest BCUT2D eigenvalue weighted by atomic mass is 16.6. The quantitative estimate of drug-likeness (QED) is 0.0866. The number of aromatic nitrogens is 3. The van der Waals surface area contributed by atoms with Crippen molar-refractivity contribution >= 4 is 21.7 Å². The molecule has 9 heteroatoms.